The summed E-state index contributed by atoms with van der Waals surface area (Å²) in [5.74, 6) is 0. The third-order valence-electron chi connectivity index (χ3n) is 5.11. The average Bonchev–Trinajstić information content (AvgIpc) is 3.26. The van der Waals surface area contributed by atoms with Crippen molar-refractivity contribution >= 4 is 33.0 Å². The van der Waals surface area contributed by atoms with Gasteiger partial charge in [0.2, 0.25) is 0 Å². The smallest absolute Gasteiger partial charge is 0.253 e. The summed E-state index contributed by atoms with van der Waals surface area (Å²) in [6.07, 6.45) is 3.47. The second-order valence-corrected chi connectivity index (χ2v) is 10.4. The quantitative estimate of drug-likeness (QED) is 0.765. The van der Waals surface area contributed by atoms with Crippen molar-refractivity contribution in [3.8, 4) is 0 Å². The number of aromatic nitrogens is 2. The van der Waals surface area contributed by atoms with Crippen LogP contribution < -0.4 is 0 Å². The van der Waals surface area contributed by atoms with E-state index >= 15 is 0 Å². The van der Waals surface area contributed by atoms with Crippen LogP contribution in [0.5, 0.6) is 0 Å². The van der Waals surface area contributed by atoms with Crippen LogP contribution in [-0.2, 0) is 34.3 Å². The second-order valence-electron chi connectivity index (χ2n) is 6.61. The standard InChI is InChI=1S/C17H22ClN3O3S2/c1-2-20-13-8-10-24-11-12(13)17(19-20)14-5-3-4-9-21(14)26(22,23)16-7-6-15(18)25-16/h6-7,14H,2-5,8-11H2,1H3. The van der Waals surface area contributed by atoms with E-state index in [0.29, 0.717) is 28.3 Å². The lowest BCUT2D eigenvalue weighted by Gasteiger charge is -2.34. The van der Waals surface area contributed by atoms with E-state index in [2.05, 4.69) is 6.92 Å². The number of aryl methyl sites for hydroxylation is 1. The molecule has 4 heterocycles. The third kappa shape index (κ3) is 3.11. The third-order valence-corrected chi connectivity index (χ3v) is 8.71. The van der Waals surface area contributed by atoms with Crippen LogP contribution in [0.2, 0.25) is 4.34 Å². The van der Waals surface area contributed by atoms with Crippen molar-refractivity contribution in [3.63, 3.8) is 0 Å². The topological polar surface area (TPSA) is 64.4 Å². The molecule has 0 bridgehead atoms. The predicted octanol–water partition coefficient (Wildman–Crippen LogP) is 3.61. The van der Waals surface area contributed by atoms with Gasteiger partial charge in [-0.15, -0.1) is 11.3 Å². The van der Waals surface area contributed by atoms with Gasteiger partial charge < -0.3 is 4.74 Å². The summed E-state index contributed by atoms with van der Waals surface area (Å²) in [5.41, 5.74) is 3.14. The minimum Gasteiger partial charge on any atom is -0.376 e. The van der Waals surface area contributed by atoms with Gasteiger partial charge in [-0.25, -0.2) is 8.42 Å². The van der Waals surface area contributed by atoms with E-state index in [1.54, 1.807) is 16.4 Å². The first-order chi connectivity index (χ1) is 12.5. The van der Waals surface area contributed by atoms with Gasteiger partial charge in [0.25, 0.3) is 10.0 Å². The van der Waals surface area contributed by atoms with Gasteiger partial charge >= 0.3 is 0 Å². The van der Waals surface area contributed by atoms with Gasteiger partial charge in [-0.05, 0) is 31.9 Å². The number of fused-ring (bicyclic) bond motifs is 1. The molecule has 1 atom stereocenters. The van der Waals surface area contributed by atoms with Gasteiger partial charge in [0.1, 0.15) is 4.21 Å². The monoisotopic (exact) mass is 415 g/mol. The van der Waals surface area contributed by atoms with Crippen LogP contribution in [-0.4, -0.2) is 35.7 Å². The number of hydrogen-bond donors (Lipinski definition) is 0. The zero-order chi connectivity index (χ0) is 18.3. The van der Waals surface area contributed by atoms with Crippen molar-refractivity contribution in [1.29, 1.82) is 0 Å². The molecule has 0 aromatic carbocycles. The summed E-state index contributed by atoms with van der Waals surface area (Å²) in [5, 5.41) is 4.80. The highest BCUT2D eigenvalue weighted by Gasteiger charge is 2.39. The predicted molar refractivity (Wildman–Crippen MR) is 101 cm³/mol. The molecule has 6 nitrogen and oxygen atoms in total. The number of halogens is 1. The van der Waals surface area contributed by atoms with Gasteiger partial charge in [-0.3, -0.25) is 4.68 Å². The number of sulfonamides is 1. The van der Waals surface area contributed by atoms with Crippen LogP contribution in [0.4, 0.5) is 0 Å². The van der Waals surface area contributed by atoms with Crippen molar-refractivity contribution < 1.29 is 13.2 Å². The molecular weight excluding hydrogens is 394 g/mol. The summed E-state index contributed by atoms with van der Waals surface area (Å²) in [6, 6.07) is 2.99. The molecule has 0 spiro atoms. The SMILES string of the molecule is CCn1nc(C2CCCCN2S(=O)(=O)c2ccc(Cl)s2)c2c1CCOC2. The first kappa shape index (κ1) is 18.4. The lowest BCUT2D eigenvalue weighted by Crippen LogP contribution is -2.38. The van der Waals surface area contributed by atoms with E-state index in [-0.39, 0.29) is 6.04 Å². The summed E-state index contributed by atoms with van der Waals surface area (Å²) < 4.78 is 36.6. The Hall–Kier alpha value is -0.930. The molecule has 2 aromatic rings. The number of piperidine rings is 1. The summed E-state index contributed by atoms with van der Waals surface area (Å²) in [6.45, 7) is 4.56. The summed E-state index contributed by atoms with van der Waals surface area (Å²) in [7, 11) is -3.59. The summed E-state index contributed by atoms with van der Waals surface area (Å²) >= 11 is 7.09. The zero-order valence-corrected chi connectivity index (χ0v) is 17.0. The minimum atomic E-state index is -3.59. The van der Waals surface area contributed by atoms with Crippen molar-refractivity contribution in [2.24, 2.45) is 0 Å². The number of ether oxygens (including phenoxy) is 1. The molecule has 0 saturated carbocycles. The Kier molecular flexibility index (Phi) is 5.13. The van der Waals surface area contributed by atoms with Crippen LogP contribution >= 0.6 is 22.9 Å². The molecule has 2 aliphatic rings. The first-order valence-electron chi connectivity index (χ1n) is 8.95. The lowest BCUT2D eigenvalue weighted by molar-refractivity contribution is 0.107. The molecule has 9 heteroatoms. The van der Waals surface area contributed by atoms with E-state index in [1.165, 1.54) is 5.69 Å². The van der Waals surface area contributed by atoms with E-state index in [4.69, 9.17) is 21.4 Å². The Morgan fingerprint density at radius 2 is 2.23 bits per heavy atom. The maximum absolute atomic E-state index is 13.2. The maximum atomic E-state index is 13.2. The average molecular weight is 416 g/mol. The Labute approximate surface area is 162 Å². The van der Waals surface area contributed by atoms with Crippen LogP contribution in [0.1, 0.15) is 49.2 Å². The summed E-state index contributed by atoms with van der Waals surface area (Å²) in [4.78, 5) is 0. The zero-order valence-electron chi connectivity index (χ0n) is 14.6. The Balaban J connectivity index is 1.76. The van der Waals surface area contributed by atoms with Crippen LogP contribution in [0, 0.1) is 0 Å². The largest absolute Gasteiger partial charge is 0.376 e. The number of rotatable bonds is 4. The molecule has 0 amide bonds. The van der Waals surface area contributed by atoms with Gasteiger partial charge in [-0.1, -0.05) is 18.0 Å². The molecule has 2 aliphatic heterocycles. The van der Waals surface area contributed by atoms with E-state index in [9.17, 15) is 8.42 Å². The molecule has 1 saturated heterocycles. The molecule has 2 aromatic heterocycles. The second kappa shape index (κ2) is 7.24. The van der Waals surface area contributed by atoms with Crippen LogP contribution in [0.15, 0.2) is 16.3 Å². The van der Waals surface area contributed by atoms with E-state index in [0.717, 1.165) is 54.8 Å². The van der Waals surface area contributed by atoms with Crippen molar-refractivity contribution in [3.05, 3.63) is 33.4 Å². The van der Waals surface area contributed by atoms with E-state index in [1.807, 2.05) is 4.68 Å². The van der Waals surface area contributed by atoms with Gasteiger partial charge in [0.15, 0.2) is 0 Å². The molecule has 4 rings (SSSR count). The van der Waals surface area contributed by atoms with Gasteiger partial charge in [0.05, 0.1) is 29.3 Å². The Morgan fingerprint density at radius 1 is 1.38 bits per heavy atom. The van der Waals surface area contributed by atoms with Crippen LogP contribution in [0.3, 0.4) is 0 Å². The number of nitrogens with zero attached hydrogens (tertiary/aromatic N) is 3. The molecule has 26 heavy (non-hydrogen) atoms. The van der Waals surface area contributed by atoms with Crippen molar-refractivity contribution in [2.45, 2.75) is 56.0 Å². The fraction of sp³-hybridized carbons (Fsp3) is 0.588. The highest BCUT2D eigenvalue weighted by atomic mass is 35.5. The first-order valence-corrected chi connectivity index (χ1v) is 11.6. The molecule has 142 valence electrons. The van der Waals surface area contributed by atoms with Gasteiger partial charge in [-0.2, -0.15) is 9.40 Å². The molecule has 1 fully saturated rings. The highest BCUT2D eigenvalue weighted by molar-refractivity contribution is 7.91. The molecular formula is C17H22ClN3O3S2. The van der Waals surface area contributed by atoms with Crippen molar-refractivity contribution in [1.82, 2.24) is 14.1 Å². The van der Waals surface area contributed by atoms with Crippen molar-refractivity contribution in [2.75, 3.05) is 13.2 Å². The van der Waals surface area contributed by atoms with Gasteiger partial charge in [0, 0.05) is 30.8 Å². The highest BCUT2D eigenvalue weighted by Crippen LogP contribution is 2.39. The maximum Gasteiger partial charge on any atom is 0.253 e. The molecule has 1 unspecified atom stereocenters. The molecule has 0 aliphatic carbocycles. The Morgan fingerprint density at radius 3 is 2.96 bits per heavy atom. The fourth-order valence-corrected chi connectivity index (χ4v) is 7.15. The van der Waals surface area contributed by atoms with Crippen LogP contribution in [0.25, 0.3) is 0 Å². The fourth-order valence-electron chi connectivity index (χ4n) is 3.88. The number of hydrogen-bond acceptors (Lipinski definition) is 5. The minimum absolute atomic E-state index is 0.238. The lowest BCUT2D eigenvalue weighted by atomic mass is 9.97. The normalized spacial score (nSPS) is 21.7. The Bertz CT molecular complexity index is 906. The van der Waals surface area contributed by atoms with E-state index < -0.39 is 10.0 Å². The molecule has 0 N–H and O–H groups in total. The number of thiophene rings is 1. The molecule has 0 radical (unpaired) electrons.